The number of nitrogens with zero attached hydrogens (tertiary/aromatic N) is 5. The zero-order valence-corrected chi connectivity index (χ0v) is 15.0. The highest BCUT2D eigenvalue weighted by atomic mass is 32.1. The Morgan fingerprint density at radius 2 is 2.12 bits per heavy atom. The summed E-state index contributed by atoms with van der Waals surface area (Å²) in [5, 5.41) is 4.15. The Morgan fingerprint density at radius 3 is 2.85 bits per heavy atom. The summed E-state index contributed by atoms with van der Waals surface area (Å²) < 4.78 is 18.7. The number of ether oxygens (including phenoxy) is 1. The third-order valence-corrected chi connectivity index (χ3v) is 4.98. The average Bonchev–Trinajstić information content (AvgIpc) is 3.39. The van der Waals surface area contributed by atoms with E-state index < -0.39 is 0 Å². The molecule has 1 saturated heterocycles. The van der Waals surface area contributed by atoms with Crippen LogP contribution in [-0.2, 0) is 0 Å². The van der Waals surface area contributed by atoms with Gasteiger partial charge in [0.2, 0.25) is 0 Å². The summed E-state index contributed by atoms with van der Waals surface area (Å²) in [6.45, 7) is 1.28. The summed E-state index contributed by atoms with van der Waals surface area (Å²) in [4.78, 5) is 18.7. The van der Waals surface area contributed by atoms with E-state index in [2.05, 4.69) is 18.9 Å². The monoisotopic (exact) mass is 371 g/mol. The number of amides is 1. The fourth-order valence-corrected chi connectivity index (χ4v) is 3.50. The molecule has 1 amide bonds. The van der Waals surface area contributed by atoms with Crippen molar-refractivity contribution in [1.82, 2.24) is 23.8 Å². The lowest BCUT2D eigenvalue weighted by Gasteiger charge is -2.29. The fraction of sp³-hybridized carbons (Fsp3) is 0.353. The van der Waals surface area contributed by atoms with Crippen LogP contribution in [0.15, 0.2) is 35.0 Å². The van der Waals surface area contributed by atoms with Crippen LogP contribution in [-0.4, -0.2) is 49.9 Å². The van der Waals surface area contributed by atoms with Crippen LogP contribution < -0.4 is 4.74 Å². The Hall–Kier alpha value is -2.81. The second-order valence-electron chi connectivity index (χ2n) is 6.02. The number of piperidine rings is 1. The molecule has 0 aliphatic carbocycles. The van der Waals surface area contributed by atoms with Crippen LogP contribution >= 0.6 is 11.7 Å². The first kappa shape index (κ1) is 16.6. The lowest BCUT2D eigenvalue weighted by molar-refractivity contribution is 0.0705. The van der Waals surface area contributed by atoms with Gasteiger partial charge in [0, 0.05) is 19.0 Å². The molecule has 9 heteroatoms. The molecular formula is C17H17N5O3S. The van der Waals surface area contributed by atoms with Crippen molar-refractivity contribution < 1.29 is 14.1 Å². The maximum atomic E-state index is 12.3. The highest BCUT2D eigenvalue weighted by Gasteiger charge is 2.28. The Balaban J connectivity index is 1.44. The van der Waals surface area contributed by atoms with E-state index in [9.17, 15) is 4.79 Å². The molecule has 2 aromatic heterocycles. The summed E-state index contributed by atoms with van der Waals surface area (Å²) in [5.74, 6) is 1.91. The van der Waals surface area contributed by atoms with E-state index in [1.54, 1.807) is 12.0 Å². The molecule has 0 N–H and O–H groups in total. The minimum absolute atomic E-state index is 0.0694. The fourth-order valence-electron chi connectivity index (χ4n) is 3.09. The van der Waals surface area contributed by atoms with Gasteiger partial charge in [-0.1, -0.05) is 17.3 Å². The summed E-state index contributed by atoms with van der Waals surface area (Å²) in [6, 6.07) is 7.54. The SMILES string of the molecule is COc1ccccc1-c1nc(C2CCN(C(=O)c3cnsn3)CC2)no1. The summed E-state index contributed by atoms with van der Waals surface area (Å²) in [5.41, 5.74) is 1.18. The summed E-state index contributed by atoms with van der Waals surface area (Å²) in [6.07, 6.45) is 3.08. The van der Waals surface area contributed by atoms with Crippen molar-refractivity contribution in [2.75, 3.05) is 20.2 Å². The van der Waals surface area contributed by atoms with Crippen molar-refractivity contribution in [3.63, 3.8) is 0 Å². The molecule has 0 saturated carbocycles. The van der Waals surface area contributed by atoms with Gasteiger partial charge >= 0.3 is 0 Å². The van der Waals surface area contributed by atoms with Crippen LogP contribution in [0.3, 0.4) is 0 Å². The Bertz CT molecular complexity index is 887. The lowest BCUT2D eigenvalue weighted by atomic mass is 9.96. The summed E-state index contributed by atoms with van der Waals surface area (Å²) >= 11 is 1.04. The average molecular weight is 371 g/mol. The molecule has 3 aromatic rings. The first-order chi connectivity index (χ1) is 12.8. The van der Waals surface area contributed by atoms with Crippen molar-refractivity contribution in [1.29, 1.82) is 0 Å². The van der Waals surface area contributed by atoms with E-state index >= 15 is 0 Å². The smallest absolute Gasteiger partial charge is 0.275 e. The van der Waals surface area contributed by atoms with Gasteiger partial charge in [0.05, 0.1) is 30.6 Å². The number of benzene rings is 1. The van der Waals surface area contributed by atoms with Crippen LogP contribution in [0.2, 0.25) is 0 Å². The molecular weight excluding hydrogens is 354 g/mol. The number of rotatable bonds is 4. The van der Waals surface area contributed by atoms with Gasteiger partial charge in [-0.05, 0) is 25.0 Å². The van der Waals surface area contributed by atoms with Crippen LogP contribution in [0.4, 0.5) is 0 Å². The molecule has 4 rings (SSSR count). The molecule has 0 spiro atoms. The van der Waals surface area contributed by atoms with E-state index in [1.165, 1.54) is 6.20 Å². The lowest BCUT2D eigenvalue weighted by Crippen LogP contribution is -2.38. The third-order valence-electron chi connectivity index (χ3n) is 4.51. The topological polar surface area (TPSA) is 94.2 Å². The number of aromatic nitrogens is 4. The van der Waals surface area contributed by atoms with Crippen molar-refractivity contribution >= 4 is 17.6 Å². The number of likely N-dealkylation sites (tertiary alicyclic amines) is 1. The zero-order valence-electron chi connectivity index (χ0n) is 14.2. The van der Waals surface area contributed by atoms with Crippen LogP contribution in [0.5, 0.6) is 5.75 Å². The first-order valence-corrected chi connectivity index (χ1v) is 9.03. The molecule has 1 aromatic carbocycles. The van der Waals surface area contributed by atoms with E-state index in [1.807, 2.05) is 24.3 Å². The minimum Gasteiger partial charge on any atom is -0.496 e. The van der Waals surface area contributed by atoms with Crippen molar-refractivity contribution in [2.24, 2.45) is 0 Å². The van der Waals surface area contributed by atoms with E-state index in [0.717, 1.165) is 30.1 Å². The van der Waals surface area contributed by atoms with Gasteiger partial charge in [-0.15, -0.1) is 0 Å². The van der Waals surface area contributed by atoms with Gasteiger partial charge in [-0.2, -0.15) is 13.7 Å². The standard InChI is InChI=1S/C17H17N5O3S/c1-24-14-5-3-2-4-12(14)16-19-15(20-25-16)11-6-8-22(9-7-11)17(23)13-10-18-26-21-13/h2-5,10-11H,6-9H2,1H3. The normalized spacial score (nSPS) is 15.2. The number of hydrogen-bond acceptors (Lipinski definition) is 8. The van der Waals surface area contributed by atoms with Gasteiger partial charge in [0.1, 0.15) is 5.75 Å². The quantitative estimate of drug-likeness (QED) is 0.696. The van der Waals surface area contributed by atoms with Crippen LogP contribution in [0.25, 0.3) is 11.5 Å². The number of hydrogen-bond donors (Lipinski definition) is 0. The highest BCUT2D eigenvalue weighted by molar-refractivity contribution is 6.99. The second-order valence-corrected chi connectivity index (χ2v) is 6.57. The first-order valence-electron chi connectivity index (χ1n) is 8.30. The van der Waals surface area contributed by atoms with Gasteiger partial charge < -0.3 is 14.2 Å². The number of para-hydroxylation sites is 1. The minimum atomic E-state index is -0.0694. The summed E-state index contributed by atoms with van der Waals surface area (Å²) in [7, 11) is 1.61. The molecule has 0 atom stereocenters. The Labute approximate surface area is 154 Å². The molecule has 0 radical (unpaired) electrons. The molecule has 3 heterocycles. The Morgan fingerprint density at radius 1 is 1.31 bits per heavy atom. The maximum absolute atomic E-state index is 12.3. The number of carbonyl (C=O) groups excluding carboxylic acids is 1. The Kier molecular flexibility index (Phi) is 4.61. The van der Waals surface area contributed by atoms with Gasteiger partial charge in [0.15, 0.2) is 11.5 Å². The molecule has 0 bridgehead atoms. The number of methoxy groups -OCH3 is 1. The van der Waals surface area contributed by atoms with E-state index in [4.69, 9.17) is 9.26 Å². The van der Waals surface area contributed by atoms with E-state index in [0.29, 0.717) is 36.2 Å². The molecule has 1 aliphatic heterocycles. The molecule has 134 valence electrons. The second kappa shape index (κ2) is 7.20. The third kappa shape index (κ3) is 3.17. The van der Waals surface area contributed by atoms with Crippen LogP contribution in [0, 0.1) is 0 Å². The van der Waals surface area contributed by atoms with E-state index in [-0.39, 0.29) is 11.8 Å². The van der Waals surface area contributed by atoms with Crippen molar-refractivity contribution in [2.45, 2.75) is 18.8 Å². The predicted octanol–water partition coefficient (Wildman–Crippen LogP) is 2.62. The highest BCUT2D eigenvalue weighted by Crippen LogP contribution is 2.31. The molecule has 26 heavy (non-hydrogen) atoms. The van der Waals surface area contributed by atoms with Crippen molar-refractivity contribution in [3.8, 4) is 17.2 Å². The number of carbonyl (C=O) groups is 1. The maximum Gasteiger partial charge on any atom is 0.275 e. The van der Waals surface area contributed by atoms with Gasteiger partial charge in [-0.3, -0.25) is 4.79 Å². The molecule has 0 unspecified atom stereocenters. The van der Waals surface area contributed by atoms with Crippen LogP contribution in [0.1, 0.15) is 35.1 Å². The van der Waals surface area contributed by atoms with Crippen molar-refractivity contribution in [3.05, 3.63) is 42.0 Å². The van der Waals surface area contributed by atoms with Gasteiger partial charge in [0.25, 0.3) is 11.8 Å². The predicted molar refractivity (Wildman–Crippen MR) is 94.1 cm³/mol. The van der Waals surface area contributed by atoms with Gasteiger partial charge in [-0.25, -0.2) is 0 Å². The molecule has 8 nitrogen and oxygen atoms in total. The largest absolute Gasteiger partial charge is 0.496 e. The molecule has 1 aliphatic rings. The molecule has 1 fully saturated rings. The zero-order chi connectivity index (χ0) is 17.9.